The highest BCUT2D eigenvalue weighted by atomic mass is 19.1. The van der Waals surface area contributed by atoms with Crippen LogP contribution in [-0.4, -0.2) is 47.4 Å². The van der Waals surface area contributed by atoms with Crippen molar-refractivity contribution in [3.63, 3.8) is 0 Å². The molecule has 8 heteroatoms. The molecule has 0 bridgehead atoms. The van der Waals surface area contributed by atoms with Crippen LogP contribution in [-0.2, 0) is 16.1 Å². The van der Waals surface area contributed by atoms with Gasteiger partial charge < -0.3 is 19.9 Å². The zero-order valence-corrected chi connectivity index (χ0v) is 17.7. The molecule has 0 aliphatic carbocycles. The molecule has 1 aliphatic heterocycles. The monoisotopic (exact) mass is 430 g/mol. The Morgan fingerprint density at radius 2 is 1.94 bits per heavy atom. The molecule has 0 aromatic heterocycles. The first kappa shape index (κ1) is 22.6. The number of rotatable bonds is 7. The summed E-state index contributed by atoms with van der Waals surface area (Å²) in [6.45, 7) is 3.76. The van der Waals surface area contributed by atoms with E-state index in [1.165, 1.54) is 24.1 Å². The third-order valence-corrected chi connectivity index (χ3v) is 5.27. The second-order valence-corrected chi connectivity index (χ2v) is 7.73. The number of ether oxygens (including phenoxy) is 2. The van der Waals surface area contributed by atoms with Crippen LogP contribution < -0.4 is 10.1 Å². The lowest BCUT2D eigenvalue weighted by molar-refractivity contribution is -0.142. The molecule has 1 fully saturated rings. The van der Waals surface area contributed by atoms with Crippen molar-refractivity contribution in [3.05, 3.63) is 65.5 Å². The van der Waals surface area contributed by atoms with Gasteiger partial charge in [-0.3, -0.25) is 4.90 Å². The van der Waals surface area contributed by atoms with E-state index in [9.17, 15) is 19.1 Å². The van der Waals surface area contributed by atoms with Gasteiger partial charge in [-0.15, -0.1) is 0 Å². The highest BCUT2D eigenvalue weighted by Crippen LogP contribution is 2.38. The van der Waals surface area contributed by atoms with E-state index in [1.807, 2.05) is 30.3 Å². The van der Waals surface area contributed by atoms with E-state index in [-0.39, 0.29) is 18.6 Å². The Balaban J connectivity index is 1.92. The molecule has 166 valence electrons. The molecule has 3 atom stereocenters. The second kappa shape index (κ2) is 9.78. The first-order valence-corrected chi connectivity index (χ1v) is 10.1. The number of methoxy groups -OCH3 is 1. The SMILES string of the molecule is COc1cc(F)ccc1CNC1CC(C(=O)O)N(C(=O)OC(C)C)C1c1ccccc1. The lowest BCUT2D eigenvalue weighted by Gasteiger charge is -2.31. The maximum absolute atomic E-state index is 13.5. The van der Waals surface area contributed by atoms with Crippen molar-refractivity contribution in [1.29, 1.82) is 0 Å². The van der Waals surface area contributed by atoms with E-state index in [4.69, 9.17) is 9.47 Å². The van der Waals surface area contributed by atoms with Gasteiger partial charge in [0.15, 0.2) is 0 Å². The summed E-state index contributed by atoms with van der Waals surface area (Å²) < 4.78 is 24.1. The van der Waals surface area contributed by atoms with Crippen LogP contribution >= 0.6 is 0 Å². The Morgan fingerprint density at radius 1 is 1.23 bits per heavy atom. The number of benzene rings is 2. The highest BCUT2D eigenvalue weighted by molar-refractivity contribution is 5.81. The predicted octanol–water partition coefficient (Wildman–Crippen LogP) is 3.74. The van der Waals surface area contributed by atoms with E-state index < -0.39 is 30.0 Å². The Kier molecular flexibility index (Phi) is 7.12. The highest BCUT2D eigenvalue weighted by Gasteiger charge is 2.48. The smallest absolute Gasteiger partial charge is 0.411 e. The molecule has 1 amide bonds. The van der Waals surface area contributed by atoms with E-state index in [0.717, 1.165) is 11.1 Å². The van der Waals surface area contributed by atoms with Crippen molar-refractivity contribution in [2.75, 3.05) is 7.11 Å². The summed E-state index contributed by atoms with van der Waals surface area (Å²) in [5, 5.41) is 13.2. The van der Waals surface area contributed by atoms with Gasteiger partial charge in [-0.25, -0.2) is 14.0 Å². The molecule has 2 aromatic rings. The molecule has 2 N–H and O–H groups in total. The molecule has 1 aliphatic rings. The third-order valence-electron chi connectivity index (χ3n) is 5.27. The van der Waals surface area contributed by atoms with E-state index >= 15 is 0 Å². The lowest BCUT2D eigenvalue weighted by Crippen LogP contribution is -2.44. The molecule has 3 unspecified atom stereocenters. The Hall–Kier alpha value is -3.13. The number of carboxylic acid groups (broad SMARTS) is 1. The second-order valence-electron chi connectivity index (χ2n) is 7.73. The predicted molar refractivity (Wildman–Crippen MR) is 112 cm³/mol. The molecule has 7 nitrogen and oxygen atoms in total. The number of amides is 1. The number of likely N-dealkylation sites (tertiary alicyclic amines) is 1. The zero-order valence-electron chi connectivity index (χ0n) is 17.7. The maximum Gasteiger partial charge on any atom is 0.411 e. The standard InChI is InChI=1S/C23H27FN2O5/c1-14(2)31-23(29)26-19(22(27)28)12-18(21(26)15-7-5-4-6-8-15)25-13-16-9-10-17(24)11-20(16)30-3/h4-11,14,18-19,21,25H,12-13H2,1-3H3,(H,27,28). The van der Waals surface area contributed by atoms with Crippen molar-refractivity contribution in [2.45, 2.75) is 51.0 Å². The van der Waals surface area contributed by atoms with Crippen LogP contribution in [0.1, 0.15) is 37.4 Å². The largest absolute Gasteiger partial charge is 0.496 e. The van der Waals surface area contributed by atoms with Gasteiger partial charge in [-0.1, -0.05) is 36.4 Å². The lowest BCUT2D eigenvalue weighted by atomic mass is 9.99. The van der Waals surface area contributed by atoms with Gasteiger partial charge in [0.2, 0.25) is 0 Å². The van der Waals surface area contributed by atoms with E-state index in [1.54, 1.807) is 19.9 Å². The zero-order chi connectivity index (χ0) is 22.5. The number of nitrogens with zero attached hydrogens (tertiary/aromatic N) is 1. The van der Waals surface area contributed by atoms with Crippen LogP contribution in [0.5, 0.6) is 5.75 Å². The quantitative estimate of drug-likeness (QED) is 0.696. The van der Waals surface area contributed by atoms with Gasteiger partial charge in [0.1, 0.15) is 17.6 Å². The van der Waals surface area contributed by atoms with Gasteiger partial charge in [0.25, 0.3) is 0 Å². The van der Waals surface area contributed by atoms with Gasteiger partial charge in [-0.2, -0.15) is 0 Å². The fourth-order valence-corrected chi connectivity index (χ4v) is 3.94. The molecule has 0 radical (unpaired) electrons. The third kappa shape index (κ3) is 5.14. The van der Waals surface area contributed by atoms with Crippen LogP contribution in [0.25, 0.3) is 0 Å². The topological polar surface area (TPSA) is 88.1 Å². The van der Waals surface area contributed by atoms with Crippen molar-refractivity contribution in [3.8, 4) is 5.75 Å². The van der Waals surface area contributed by atoms with Crippen LogP contribution in [0.15, 0.2) is 48.5 Å². The number of aliphatic carboxylic acids is 1. The van der Waals surface area contributed by atoms with Crippen molar-refractivity contribution in [1.82, 2.24) is 10.2 Å². The number of carbonyl (C=O) groups is 2. The van der Waals surface area contributed by atoms with Gasteiger partial charge in [-0.05, 0) is 31.9 Å². The molecule has 0 spiro atoms. The number of hydrogen-bond acceptors (Lipinski definition) is 5. The summed E-state index contributed by atoms with van der Waals surface area (Å²) in [5.41, 5.74) is 1.53. The van der Waals surface area contributed by atoms with Crippen LogP contribution in [0.4, 0.5) is 9.18 Å². The van der Waals surface area contributed by atoms with Crippen LogP contribution in [0.2, 0.25) is 0 Å². The minimum Gasteiger partial charge on any atom is -0.496 e. The molecule has 1 saturated heterocycles. The molecular weight excluding hydrogens is 403 g/mol. The molecule has 31 heavy (non-hydrogen) atoms. The normalized spacial score (nSPS) is 20.7. The minimum absolute atomic E-state index is 0.200. The average molecular weight is 430 g/mol. The van der Waals surface area contributed by atoms with Crippen molar-refractivity contribution in [2.24, 2.45) is 0 Å². The summed E-state index contributed by atoms with van der Waals surface area (Å²) in [6.07, 6.45) is -0.847. The Bertz CT molecular complexity index is 921. The molecule has 2 aromatic carbocycles. The summed E-state index contributed by atoms with van der Waals surface area (Å²) >= 11 is 0. The van der Waals surface area contributed by atoms with Crippen molar-refractivity contribution >= 4 is 12.1 Å². The summed E-state index contributed by atoms with van der Waals surface area (Å²) in [5.74, 6) is -1.10. The fraction of sp³-hybridized carbons (Fsp3) is 0.391. The number of nitrogens with one attached hydrogen (secondary N) is 1. The van der Waals surface area contributed by atoms with Gasteiger partial charge in [0, 0.05) is 24.2 Å². The summed E-state index contributed by atoms with van der Waals surface area (Å²) in [4.78, 5) is 26.2. The number of hydrogen-bond donors (Lipinski definition) is 2. The maximum atomic E-state index is 13.5. The van der Waals surface area contributed by atoms with Gasteiger partial charge >= 0.3 is 12.1 Å². The Morgan fingerprint density at radius 3 is 2.55 bits per heavy atom. The molecule has 3 rings (SSSR count). The van der Waals surface area contributed by atoms with Crippen molar-refractivity contribution < 1.29 is 28.6 Å². The van der Waals surface area contributed by atoms with Crippen LogP contribution in [0.3, 0.4) is 0 Å². The van der Waals surface area contributed by atoms with Gasteiger partial charge in [0.05, 0.1) is 19.3 Å². The Labute approximate surface area is 180 Å². The molecule has 1 heterocycles. The summed E-state index contributed by atoms with van der Waals surface area (Å²) in [6, 6.07) is 11.6. The number of carbonyl (C=O) groups excluding carboxylic acids is 1. The fourth-order valence-electron chi connectivity index (χ4n) is 3.94. The minimum atomic E-state index is -1.09. The number of carboxylic acids is 1. The van der Waals surface area contributed by atoms with E-state index in [2.05, 4.69) is 5.32 Å². The number of halogens is 1. The summed E-state index contributed by atoms with van der Waals surface area (Å²) in [7, 11) is 1.46. The first-order valence-electron chi connectivity index (χ1n) is 10.1. The van der Waals surface area contributed by atoms with Crippen LogP contribution in [0, 0.1) is 5.82 Å². The first-order chi connectivity index (χ1) is 14.8. The average Bonchev–Trinajstić information content (AvgIpc) is 3.13. The van der Waals surface area contributed by atoms with E-state index in [0.29, 0.717) is 12.3 Å². The molecular formula is C23H27FN2O5. The molecule has 0 saturated carbocycles.